The van der Waals surface area contributed by atoms with E-state index >= 15 is 0 Å². The van der Waals surface area contributed by atoms with Gasteiger partial charge in [0, 0.05) is 55.6 Å². The summed E-state index contributed by atoms with van der Waals surface area (Å²) in [6.45, 7) is 6.43. The van der Waals surface area contributed by atoms with Crippen LogP contribution in [0.2, 0.25) is 0 Å². The Hall–Kier alpha value is -2.84. The number of H-pyrrole nitrogens is 1. The number of hydrogen-bond acceptors (Lipinski definition) is 3. The van der Waals surface area contributed by atoms with Gasteiger partial charge in [-0.1, -0.05) is 37.3 Å². The van der Waals surface area contributed by atoms with Crippen molar-refractivity contribution in [3.8, 4) is 0 Å². The highest BCUT2D eigenvalue weighted by atomic mass is 19.4. The Bertz CT molecular complexity index is 1100. The molecule has 1 aliphatic heterocycles. The van der Waals surface area contributed by atoms with Gasteiger partial charge >= 0.3 is 6.18 Å². The molecule has 2 heterocycles. The first-order chi connectivity index (χ1) is 16.4. The van der Waals surface area contributed by atoms with Gasteiger partial charge in [-0.2, -0.15) is 13.2 Å². The number of aryl methyl sites for hydroxylation is 1. The van der Waals surface area contributed by atoms with Crippen molar-refractivity contribution in [2.75, 3.05) is 39.4 Å². The Morgan fingerprint density at radius 2 is 1.88 bits per heavy atom. The summed E-state index contributed by atoms with van der Waals surface area (Å²) >= 11 is 0. The Balaban J connectivity index is 1.56. The summed E-state index contributed by atoms with van der Waals surface area (Å²) in [6.07, 6.45) is -1.52. The first-order valence-electron chi connectivity index (χ1n) is 11.7. The molecule has 0 aliphatic carbocycles. The van der Waals surface area contributed by atoms with E-state index in [2.05, 4.69) is 22.1 Å². The average molecular weight is 474 g/mol. The predicted molar refractivity (Wildman–Crippen MR) is 126 cm³/mol. The second kappa shape index (κ2) is 10.6. The quantitative estimate of drug-likeness (QED) is 0.498. The van der Waals surface area contributed by atoms with E-state index in [1.165, 1.54) is 12.1 Å². The molecule has 1 atom stereocenters. The van der Waals surface area contributed by atoms with Gasteiger partial charge in [0.25, 0.3) is 0 Å². The number of aromatic amines is 1. The van der Waals surface area contributed by atoms with Crippen molar-refractivity contribution in [3.05, 3.63) is 70.9 Å². The summed E-state index contributed by atoms with van der Waals surface area (Å²) in [5.41, 5.74) is 3.05. The van der Waals surface area contributed by atoms with Crippen LogP contribution in [0.5, 0.6) is 0 Å². The highest BCUT2D eigenvalue weighted by Gasteiger charge is 2.31. The normalized spacial score (nSPS) is 16.0. The van der Waals surface area contributed by atoms with Crippen LogP contribution in [0.15, 0.2) is 48.7 Å². The number of carbonyl (C=O) groups is 1. The molecule has 182 valence electrons. The fourth-order valence-corrected chi connectivity index (χ4v) is 4.57. The van der Waals surface area contributed by atoms with Crippen molar-refractivity contribution in [1.82, 2.24) is 15.2 Å². The Labute approximate surface area is 197 Å². The number of halogens is 3. The third kappa shape index (κ3) is 5.62. The van der Waals surface area contributed by atoms with Crippen LogP contribution in [-0.4, -0.2) is 55.2 Å². The highest BCUT2D eigenvalue weighted by molar-refractivity contribution is 5.88. The number of amides is 1. The number of alkyl halides is 3. The van der Waals surface area contributed by atoms with Crippen LogP contribution in [0.4, 0.5) is 13.2 Å². The maximum absolute atomic E-state index is 13.1. The fourth-order valence-electron chi connectivity index (χ4n) is 4.57. The largest absolute Gasteiger partial charge is 0.416 e. The van der Waals surface area contributed by atoms with Gasteiger partial charge in [-0.15, -0.1) is 0 Å². The van der Waals surface area contributed by atoms with Crippen molar-refractivity contribution in [2.24, 2.45) is 0 Å². The van der Waals surface area contributed by atoms with E-state index in [0.29, 0.717) is 25.3 Å². The van der Waals surface area contributed by atoms with E-state index in [0.717, 1.165) is 60.2 Å². The Morgan fingerprint density at radius 1 is 1.15 bits per heavy atom. The molecule has 1 aliphatic rings. The molecule has 1 aromatic heterocycles. The zero-order valence-corrected chi connectivity index (χ0v) is 19.3. The Kier molecular flexibility index (Phi) is 7.58. The lowest BCUT2D eigenvalue weighted by atomic mass is 9.87. The molecule has 0 saturated carbocycles. The number of benzene rings is 2. The molecule has 1 fully saturated rings. The number of para-hydroxylation sites is 1. The van der Waals surface area contributed by atoms with Gasteiger partial charge in [-0.3, -0.25) is 9.69 Å². The summed E-state index contributed by atoms with van der Waals surface area (Å²) in [5.74, 6) is -0.495. The van der Waals surface area contributed by atoms with Crippen molar-refractivity contribution < 1.29 is 22.7 Å². The van der Waals surface area contributed by atoms with Gasteiger partial charge in [0.1, 0.15) is 0 Å². The van der Waals surface area contributed by atoms with E-state index < -0.39 is 11.7 Å². The average Bonchev–Trinajstić information content (AvgIpc) is 3.27. The van der Waals surface area contributed by atoms with Crippen molar-refractivity contribution in [3.63, 3.8) is 0 Å². The molecule has 3 aromatic rings. The molecule has 34 heavy (non-hydrogen) atoms. The fraction of sp³-hybridized carbons (Fsp3) is 0.423. The van der Waals surface area contributed by atoms with E-state index in [1.807, 2.05) is 24.4 Å². The summed E-state index contributed by atoms with van der Waals surface area (Å²) in [6, 6.07) is 11.2. The molecule has 5 nitrogen and oxygen atoms in total. The molecular formula is C26H30F3N3O2. The molecule has 0 bridgehead atoms. The van der Waals surface area contributed by atoms with Crippen LogP contribution in [0, 0.1) is 0 Å². The molecular weight excluding hydrogens is 443 g/mol. The monoisotopic (exact) mass is 473 g/mol. The first kappa shape index (κ1) is 24.3. The summed E-state index contributed by atoms with van der Waals surface area (Å²) in [7, 11) is 0. The lowest BCUT2D eigenvalue weighted by Gasteiger charge is -2.26. The second-order valence-corrected chi connectivity index (χ2v) is 8.62. The minimum absolute atomic E-state index is 0.126. The number of hydrogen-bond donors (Lipinski definition) is 2. The number of ether oxygens (including phenoxy) is 1. The number of nitrogens with zero attached hydrogens (tertiary/aromatic N) is 1. The molecule has 1 amide bonds. The summed E-state index contributed by atoms with van der Waals surface area (Å²) < 4.78 is 44.7. The second-order valence-electron chi connectivity index (χ2n) is 8.62. The minimum atomic E-state index is -4.40. The van der Waals surface area contributed by atoms with Crippen LogP contribution >= 0.6 is 0 Å². The summed E-state index contributed by atoms with van der Waals surface area (Å²) in [4.78, 5) is 18.5. The van der Waals surface area contributed by atoms with Crippen LogP contribution < -0.4 is 5.32 Å². The molecule has 0 spiro atoms. The first-order valence-corrected chi connectivity index (χ1v) is 11.7. The maximum Gasteiger partial charge on any atom is 0.416 e. The SMILES string of the molecule is CCc1cccc2c(C(CC(=O)NCCN3CCOCC3)c3ccc(C(F)(F)F)cc3)c[nH]c12. The number of aromatic nitrogens is 1. The third-order valence-corrected chi connectivity index (χ3v) is 6.47. The highest BCUT2D eigenvalue weighted by Crippen LogP contribution is 2.36. The summed E-state index contributed by atoms with van der Waals surface area (Å²) in [5, 5.41) is 3.98. The van der Waals surface area contributed by atoms with Gasteiger partial charge in [0.2, 0.25) is 5.91 Å². The van der Waals surface area contributed by atoms with Gasteiger partial charge in [-0.25, -0.2) is 0 Å². The number of carbonyl (C=O) groups excluding carboxylic acids is 1. The zero-order chi connectivity index (χ0) is 24.1. The number of nitrogens with one attached hydrogen (secondary N) is 2. The number of morpholine rings is 1. The van der Waals surface area contributed by atoms with Crippen LogP contribution in [0.25, 0.3) is 10.9 Å². The van der Waals surface area contributed by atoms with Crippen molar-refractivity contribution >= 4 is 16.8 Å². The smallest absolute Gasteiger partial charge is 0.379 e. The minimum Gasteiger partial charge on any atom is -0.379 e. The zero-order valence-electron chi connectivity index (χ0n) is 19.3. The molecule has 8 heteroatoms. The van der Waals surface area contributed by atoms with Gasteiger partial charge in [0.05, 0.1) is 18.8 Å². The van der Waals surface area contributed by atoms with Crippen LogP contribution in [0.3, 0.4) is 0 Å². The topological polar surface area (TPSA) is 57.4 Å². The van der Waals surface area contributed by atoms with E-state index in [4.69, 9.17) is 4.74 Å². The molecule has 4 rings (SSSR count). The van der Waals surface area contributed by atoms with Gasteiger partial charge < -0.3 is 15.0 Å². The number of rotatable bonds is 8. The van der Waals surface area contributed by atoms with Crippen LogP contribution in [-0.2, 0) is 22.1 Å². The van der Waals surface area contributed by atoms with Gasteiger partial charge in [0.15, 0.2) is 0 Å². The molecule has 2 aromatic carbocycles. The Morgan fingerprint density at radius 3 is 2.56 bits per heavy atom. The number of fused-ring (bicyclic) bond motifs is 1. The maximum atomic E-state index is 13.1. The van der Waals surface area contributed by atoms with E-state index in [-0.39, 0.29) is 18.2 Å². The predicted octanol–water partition coefficient (Wildman–Crippen LogP) is 4.72. The molecule has 2 N–H and O–H groups in total. The lowest BCUT2D eigenvalue weighted by Crippen LogP contribution is -2.41. The third-order valence-electron chi connectivity index (χ3n) is 6.47. The van der Waals surface area contributed by atoms with Crippen LogP contribution in [0.1, 0.15) is 41.5 Å². The molecule has 1 saturated heterocycles. The van der Waals surface area contributed by atoms with E-state index in [1.54, 1.807) is 0 Å². The van der Waals surface area contributed by atoms with Crippen molar-refractivity contribution in [2.45, 2.75) is 31.9 Å². The standard InChI is InChI=1S/C26H30F3N3O2/c1-2-18-4-3-5-21-23(17-31-25(18)21)22(19-6-8-20(9-7-19)26(27,28)29)16-24(33)30-10-11-32-12-14-34-15-13-32/h3-9,17,22,31H,2,10-16H2,1H3,(H,30,33). The lowest BCUT2D eigenvalue weighted by molar-refractivity contribution is -0.137. The van der Waals surface area contributed by atoms with Crippen molar-refractivity contribution in [1.29, 1.82) is 0 Å². The molecule has 1 unspecified atom stereocenters. The van der Waals surface area contributed by atoms with Gasteiger partial charge in [-0.05, 0) is 35.2 Å². The van der Waals surface area contributed by atoms with E-state index in [9.17, 15) is 18.0 Å². The molecule has 0 radical (unpaired) electrons.